The topological polar surface area (TPSA) is 119 Å². The molecule has 3 N–H and O–H groups in total. The van der Waals surface area contributed by atoms with Crippen LogP contribution in [0.2, 0.25) is 0 Å². The normalized spacial score (nSPS) is 11.5. The van der Waals surface area contributed by atoms with E-state index >= 15 is 0 Å². The Morgan fingerprint density at radius 3 is 2.60 bits per heavy atom. The lowest BCUT2D eigenvalue weighted by molar-refractivity contribution is 0.0990. The Kier molecular flexibility index (Phi) is 6.93. The van der Waals surface area contributed by atoms with Crippen LogP contribution in [0.3, 0.4) is 0 Å². The van der Waals surface area contributed by atoms with E-state index in [4.69, 9.17) is 5.73 Å². The summed E-state index contributed by atoms with van der Waals surface area (Å²) in [6.45, 7) is 8.45. The van der Waals surface area contributed by atoms with Crippen LogP contribution in [0.15, 0.2) is 46.0 Å². The number of carbonyl (C=O) groups excluding carboxylic acids is 1. The standard InChI is InChI=1S/C25H30N6O3S/c1-5-6-12-29(20-21(26)30(14-15(2)3)25(34)27-22(20)32)23(33)19-13-18-16(4)28-31(24(18)35-19)17-10-8-7-9-11-17/h7-11,13,15H,5-6,12,14,26H2,1-4H3,(H,27,32,34). The first-order chi connectivity index (χ1) is 16.7. The fraction of sp³-hybridized carbons (Fsp3) is 0.360. The number of anilines is 2. The number of aromatic amines is 1. The van der Waals surface area contributed by atoms with Gasteiger partial charge in [0.25, 0.3) is 11.5 Å². The molecular weight excluding hydrogens is 464 g/mol. The van der Waals surface area contributed by atoms with Crippen molar-refractivity contribution in [2.45, 2.75) is 47.1 Å². The van der Waals surface area contributed by atoms with Gasteiger partial charge in [0.15, 0.2) is 5.69 Å². The lowest BCUT2D eigenvalue weighted by Gasteiger charge is -2.24. The summed E-state index contributed by atoms with van der Waals surface area (Å²) >= 11 is 1.32. The highest BCUT2D eigenvalue weighted by Crippen LogP contribution is 2.32. The molecule has 35 heavy (non-hydrogen) atoms. The molecule has 0 bridgehead atoms. The summed E-state index contributed by atoms with van der Waals surface area (Å²) in [5.74, 6) is -0.199. The molecule has 1 aromatic carbocycles. The number of nitrogens with one attached hydrogen (secondary N) is 1. The van der Waals surface area contributed by atoms with Crippen LogP contribution in [-0.2, 0) is 6.54 Å². The zero-order valence-corrected chi connectivity index (χ0v) is 21.2. The number of unbranched alkanes of at least 4 members (excludes halogenated alkanes) is 1. The Labute approximate surface area is 206 Å². The number of rotatable bonds is 8. The summed E-state index contributed by atoms with van der Waals surface area (Å²) in [4.78, 5) is 44.2. The summed E-state index contributed by atoms with van der Waals surface area (Å²) in [6.07, 6.45) is 1.50. The quantitative estimate of drug-likeness (QED) is 0.385. The van der Waals surface area contributed by atoms with Gasteiger partial charge in [0.05, 0.1) is 16.3 Å². The van der Waals surface area contributed by atoms with Gasteiger partial charge in [-0.05, 0) is 37.5 Å². The number of aromatic nitrogens is 4. The molecule has 0 saturated carbocycles. The van der Waals surface area contributed by atoms with Gasteiger partial charge in [0.2, 0.25) is 0 Å². The Bertz CT molecular complexity index is 1480. The van der Waals surface area contributed by atoms with E-state index in [9.17, 15) is 14.4 Å². The van der Waals surface area contributed by atoms with Crippen LogP contribution in [0.5, 0.6) is 0 Å². The number of amides is 1. The van der Waals surface area contributed by atoms with E-state index in [1.165, 1.54) is 20.8 Å². The summed E-state index contributed by atoms with van der Waals surface area (Å²) < 4.78 is 3.16. The van der Waals surface area contributed by atoms with Crippen molar-refractivity contribution in [3.8, 4) is 5.69 Å². The minimum atomic E-state index is -0.662. The highest BCUT2D eigenvalue weighted by Gasteiger charge is 2.27. The monoisotopic (exact) mass is 494 g/mol. The van der Waals surface area contributed by atoms with Crippen molar-refractivity contribution in [1.82, 2.24) is 19.3 Å². The van der Waals surface area contributed by atoms with Crippen molar-refractivity contribution in [2.75, 3.05) is 17.2 Å². The number of fused-ring (bicyclic) bond motifs is 1. The van der Waals surface area contributed by atoms with Crippen molar-refractivity contribution in [3.05, 3.63) is 67.8 Å². The zero-order chi connectivity index (χ0) is 25.3. The maximum atomic E-state index is 13.8. The molecule has 0 atom stereocenters. The van der Waals surface area contributed by atoms with Crippen LogP contribution in [-0.4, -0.2) is 31.8 Å². The molecule has 0 aliphatic heterocycles. The van der Waals surface area contributed by atoms with E-state index in [1.807, 2.05) is 68.8 Å². The fourth-order valence-electron chi connectivity index (χ4n) is 4.05. The molecule has 1 amide bonds. The third kappa shape index (κ3) is 4.66. The summed E-state index contributed by atoms with van der Waals surface area (Å²) in [5.41, 5.74) is 6.82. The molecule has 0 aliphatic rings. The number of H-pyrrole nitrogens is 1. The number of thiophene rings is 1. The maximum Gasteiger partial charge on any atom is 0.330 e. The molecule has 3 heterocycles. The maximum absolute atomic E-state index is 13.8. The Balaban J connectivity index is 1.83. The van der Waals surface area contributed by atoms with Crippen molar-refractivity contribution in [2.24, 2.45) is 5.92 Å². The Morgan fingerprint density at radius 1 is 1.23 bits per heavy atom. The predicted octanol–water partition coefficient (Wildman–Crippen LogP) is 3.93. The molecule has 0 aliphatic carbocycles. The van der Waals surface area contributed by atoms with Gasteiger partial charge in [0.1, 0.15) is 10.6 Å². The molecule has 0 radical (unpaired) electrons. The second-order valence-corrected chi connectivity index (χ2v) is 10.0. The number of benzene rings is 1. The van der Waals surface area contributed by atoms with Gasteiger partial charge in [-0.3, -0.25) is 24.0 Å². The van der Waals surface area contributed by atoms with Crippen LogP contribution in [0, 0.1) is 12.8 Å². The fourth-order valence-corrected chi connectivity index (χ4v) is 5.18. The van der Waals surface area contributed by atoms with E-state index in [2.05, 4.69) is 10.1 Å². The number of para-hydroxylation sites is 1. The largest absolute Gasteiger partial charge is 0.383 e. The average molecular weight is 495 g/mol. The first-order valence-corrected chi connectivity index (χ1v) is 12.5. The molecule has 184 valence electrons. The molecule has 3 aromatic heterocycles. The number of hydrogen-bond donors (Lipinski definition) is 2. The van der Waals surface area contributed by atoms with Crippen molar-refractivity contribution < 1.29 is 4.79 Å². The van der Waals surface area contributed by atoms with E-state index in [-0.39, 0.29) is 23.3 Å². The zero-order valence-electron chi connectivity index (χ0n) is 20.4. The lowest BCUT2D eigenvalue weighted by Crippen LogP contribution is -2.41. The number of carbonyl (C=O) groups is 1. The molecule has 10 heteroatoms. The van der Waals surface area contributed by atoms with Crippen LogP contribution >= 0.6 is 11.3 Å². The molecule has 4 aromatic rings. The first-order valence-electron chi connectivity index (χ1n) is 11.7. The third-order valence-electron chi connectivity index (χ3n) is 5.77. The minimum absolute atomic E-state index is 0.00431. The highest BCUT2D eigenvalue weighted by molar-refractivity contribution is 7.20. The van der Waals surface area contributed by atoms with Crippen molar-refractivity contribution in [3.63, 3.8) is 0 Å². The van der Waals surface area contributed by atoms with Gasteiger partial charge >= 0.3 is 5.69 Å². The van der Waals surface area contributed by atoms with E-state index in [0.29, 0.717) is 24.4 Å². The molecule has 0 fully saturated rings. The van der Waals surface area contributed by atoms with Gasteiger partial charge in [-0.15, -0.1) is 11.3 Å². The first kappa shape index (κ1) is 24.5. The molecule has 4 rings (SSSR count). The highest BCUT2D eigenvalue weighted by atomic mass is 32.1. The Hall–Kier alpha value is -3.66. The second kappa shape index (κ2) is 9.91. The van der Waals surface area contributed by atoms with Gasteiger partial charge in [-0.2, -0.15) is 5.10 Å². The molecule has 0 spiro atoms. The number of nitrogens with zero attached hydrogens (tertiary/aromatic N) is 4. The smallest absolute Gasteiger partial charge is 0.330 e. The van der Waals surface area contributed by atoms with Gasteiger partial charge in [0, 0.05) is 18.5 Å². The van der Waals surface area contributed by atoms with E-state index in [1.54, 1.807) is 0 Å². The van der Waals surface area contributed by atoms with Gasteiger partial charge in [-0.25, -0.2) is 9.48 Å². The number of nitrogens with two attached hydrogens (primary N) is 1. The molecule has 0 unspecified atom stereocenters. The van der Waals surface area contributed by atoms with E-state index in [0.717, 1.165) is 28.0 Å². The summed E-state index contributed by atoms with van der Waals surface area (Å²) in [6, 6.07) is 11.5. The van der Waals surface area contributed by atoms with E-state index < -0.39 is 11.2 Å². The van der Waals surface area contributed by atoms with Crippen molar-refractivity contribution >= 4 is 39.0 Å². The third-order valence-corrected chi connectivity index (χ3v) is 6.87. The van der Waals surface area contributed by atoms with Gasteiger partial charge in [-0.1, -0.05) is 45.4 Å². The Morgan fingerprint density at radius 2 is 1.94 bits per heavy atom. The van der Waals surface area contributed by atoms with Crippen LogP contribution in [0.4, 0.5) is 11.5 Å². The van der Waals surface area contributed by atoms with Crippen LogP contribution < -0.4 is 21.9 Å². The number of aryl methyl sites for hydroxylation is 1. The second-order valence-electron chi connectivity index (χ2n) is 8.97. The molecule has 0 saturated heterocycles. The molecule has 9 nitrogen and oxygen atoms in total. The SMILES string of the molecule is CCCCN(C(=O)c1cc2c(C)nn(-c3ccccc3)c2s1)c1c(N)n(CC(C)C)c(=O)[nH]c1=O. The molecular formula is C25H30N6O3S. The number of nitrogen functional groups attached to an aromatic ring is 1. The van der Waals surface area contributed by atoms with Crippen LogP contribution in [0.25, 0.3) is 15.9 Å². The predicted molar refractivity (Wildman–Crippen MR) is 141 cm³/mol. The van der Waals surface area contributed by atoms with Crippen LogP contribution in [0.1, 0.15) is 49.0 Å². The summed E-state index contributed by atoms with van der Waals surface area (Å²) in [7, 11) is 0. The number of hydrogen-bond acceptors (Lipinski definition) is 6. The van der Waals surface area contributed by atoms with Crippen molar-refractivity contribution in [1.29, 1.82) is 0 Å². The summed E-state index contributed by atoms with van der Waals surface area (Å²) in [5, 5.41) is 5.52. The minimum Gasteiger partial charge on any atom is -0.383 e. The average Bonchev–Trinajstić information content (AvgIpc) is 3.39. The van der Waals surface area contributed by atoms with Gasteiger partial charge < -0.3 is 5.73 Å². The lowest BCUT2D eigenvalue weighted by atomic mass is 10.2.